The van der Waals surface area contributed by atoms with E-state index in [9.17, 15) is 9.59 Å². The van der Waals surface area contributed by atoms with Gasteiger partial charge in [-0.1, -0.05) is 12.2 Å². The number of carbonyl (C=O) groups is 2. The first kappa shape index (κ1) is 15.4. The van der Waals surface area contributed by atoms with E-state index >= 15 is 0 Å². The molecule has 2 aromatic rings. The molecule has 0 spiro atoms. The average molecular weight is 341 g/mol. The van der Waals surface area contributed by atoms with E-state index in [0.29, 0.717) is 23.3 Å². The van der Waals surface area contributed by atoms with Gasteiger partial charge in [-0.05, 0) is 61.3 Å². The fraction of sp³-hybridized carbons (Fsp3) is 0.368. The molecule has 1 aromatic carbocycles. The zero-order chi connectivity index (χ0) is 16.7. The number of allylic oxidation sites excluding steroid dienone is 2. The van der Waals surface area contributed by atoms with Crippen LogP contribution in [0.3, 0.4) is 0 Å². The first-order chi connectivity index (χ1) is 11.6. The average Bonchev–Trinajstić information content (AvgIpc) is 3.29. The van der Waals surface area contributed by atoms with Gasteiger partial charge in [-0.25, -0.2) is 4.79 Å². The highest BCUT2D eigenvalue weighted by Crippen LogP contribution is 2.43. The number of rotatable bonds is 4. The zero-order valence-corrected chi connectivity index (χ0v) is 14.3. The van der Waals surface area contributed by atoms with Crippen molar-refractivity contribution in [3.05, 3.63) is 41.3 Å². The number of fused-ring (bicyclic) bond motifs is 3. The lowest BCUT2D eigenvalue weighted by Gasteiger charge is -2.17. The molecule has 0 aliphatic heterocycles. The summed E-state index contributed by atoms with van der Waals surface area (Å²) in [4.78, 5) is 25.0. The number of ether oxygens (including phenoxy) is 1. The lowest BCUT2D eigenvalue weighted by molar-refractivity contribution is -0.120. The zero-order valence-electron chi connectivity index (χ0n) is 13.5. The maximum absolute atomic E-state index is 12.5. The molecule has 4 nitrogen and oxygen atoms in total. The van der Waals surface area contributed by atoms with E-state index < -0.39 is 0 Å². The van der Waals surface area contributed by atoms with Crippen LogP contribution >= 0.6 is 11.3 Å². The van der Waals surface area contributed by atoms with Gasteiger partial charge in [0.1, 0.15) is 4.88 Å². The molecule has 24 heavy (non-hydrogen) atoms. The molecule has 1 saturated carbocycles. The van der Waals surface area contributed by atoms with Crippen molar-refractivity contribution < 1.29 is 14.3 Å². The van der Waals surface area contributed by atoms with Crippen LogP contribution in [0.1, 0.15) is 29.4 Å². The molecule has 1 amide bonds. The van der Waals surface area contributed by atoms with Crippen molar-refractivity contribution in [2.75, 3.05) is 11.9 Å². The summed E-state index contributed by atoms with van der Waals surface area (Å²) in [5.74, 6) is 0.880. The molecular formula is C19H19NO3S. The number of esters is 1. The Hall–Kier alpha value is -2.14. The molecule has 1 fully saturated rings. The van der Waals surface area contributed by atoms with E-state index in [1.54, 1.807) is 6.92 Å². The molecule has 1 N–H and O–H groups in total. The molecule has 3 atom stereocenters. The number of thiophene rings is 1. The summed E-state index contributed by atoms with van der Waals surface area (Å²) in [5.41, 5.74) is 0.785. The van der Waals surface area contributed by atoms with Gasteiger partial charge < -0.3 is 10.1 Å². The maximum Gasteiger partial charge on any atom is 0.348 e. The summed E-state index contributed by atoms with van der Waals surface area (Å²) in [7, 11) is 0. The van der Waals surface area contributed by atoms with Gasteiger partial charge >= 0.3 is 5.97 Å². The summed E-state index contributed by atoms with van der Waals surface area (Å²) >= 11 is 1.41. The molecule has 2 aliphatic rings. The van der Waals surface area contributed by atoms with Gasteiger partial charge in [0.05, 0.1) is 6.61 Å². The Morgan fingerprint density at radius 3 is 2.83 bits per heavy atom. The first-order valence-electron chi connectivity index (χ1n) is 8.34. The third kappa shape index (κ3) is 2.73. The van der Waals surface area contributed by atoms with Crippen LogP contribution in [0.5, 0.6) is 0 Å². The summed E-state index contributed by atoms with van der Waals surface area (Å²) in [6, 6.07) is 7.59. The van der Waals surface area contributed by atoms with Crippen LogP contribution in [0.2, 0.25) is 0 Å². The van der Waals surface area contributed by atoms with Crippen molar-refractivity contribution in [2.45, 2.75) is 19.8 Å². The molecule has 2 aliphatic carbocycles. The third-order valence-electron chi connectivity index (χ3n) is 4.88. The van der Waals surface area contributed by atoms with Gasteiger partial charge in [-0.3, -0.25) is 4.79 Å². The summed E-state index contributed by atoms with van der Waals surface area (Å²) < 4.78 is 6.06. The molecule has 124 valence electrons. The molecule has 0 saturated heterocycles. The molecule has 2 bridgehead atoms. The molecule has 1 heterocycles. The maximum atomic E-state index is 12.5. The SMILES string of the molecule is CCOC(=O)c1cc2cc(NC(=O)[C@@H]3C[C@H]4C=C[C@H]3C4)ccc2s1. The van der Waals surface area contributed by atoms with Gasteiger partial charge in [-0.2, -0.15) is 0 Å². The predicted octanol–water partition coefficient (Wildman–Crippen LogP) is 4.23. The van der Waals surface area contributed by atoms with Crippen LogP contribution in [0.4, 0.5) is 5.69 Å². The van der Waals surface area contributed by atoms with E-state index in [4.69, 9.17) is 4.74 Å². The summed E-state index contributed by atoms with van der Waals surface area (Å²) in [5, 5.41) is 3.99. The summed E-state index contributed by atoms with van der Waals surface area (Å²) in [6.07, 6.45) is 6.50. The Morgan fingerprint density at radius 1 is 1.25 bits per heavy atom. The minimum atomic E-state index is -0.293. The van der Waals surface area contributed by atoms with Crippen molar-refractivity contribution in [3.63, 3.8) is 0 Å². The Kier molecular flexibility index (Phi) is 3.88. The largest absolute Gasteiger partial charge is 0.462 e. The van der Waals surface area contributed by atoms with Crippen molar-refractivity contribution >= 4 is 39.0 Å². The Bertz CT molecular complexity index is 838. The normalized spacial score (nSPS) is 24.5. The van der Waals surface area contributed by atoms with Crippen molar-refractivity contribution in [2.24, 2.45) is 17.8 Å². The van der Waals surface area contributed by atoms with E-state index in [2.05, 4.69) is 17.5 Å². The monoisotopic (exact) mass is 341 g/mol. The number of amides is 1. The van der Waals surface area contributed by atoms with Gasteiger partial charge in [0.2, 0.25) is 5.91 Å². The van der Waals surface area contributed by atoms with Gasteiger partial charge in [0, 0.05) is 16.3 Å². The minimum absolute atomic E-state index is 0.0910. The van der Waals surface area contributed by atoms with Crippen LogP contribution in [-0.2, 0) is 9.53 Å². The van der Waals surface area contributed by atoms with Gasteiger partial charge in [-0.15, -0.1) is 11.3 Å². The van der Waals surface area contributed by atoms with Crippen LogP contribution in [0, 0.1) is 17.8 Å². The minimum Gasteiger partial charge on any atom is -0.462 e. The second-order valence-corrected chi connectivity index (χ2v) is 7.54. The molecule has 0 radical (unpaired) electrons. The smallest absolute Gasteiger partial charge is 0.348 e. The number of hydrogen-bond donors (Lipinski definition) is 1. The lowest BCUT2D eigenvalue weighted by atomic mass is 9.93. The summed E-state index contributed by atoms with van der Waals surface area (Å²) in [6.45, 7) is 2.16. The Labute approximate surface area is 144 Å². The van der Waals surface area contributed by atoms with Crippen molar-refractivity contribution in [3.8, 4) is 0 Å². The number of anilines is 1. The second kappa shape index (κ2) is 6.06. The van der Waals surface area contributed by atoms with Crippen LogP contribution < -0.4 is 5.32 Å². The van der Waals surface area contributed by atoms with E-state index in [1.807, 2.05) is 24.3 Å². The van der Waals surface area contributed by atoms with E-state index in [1.165, 1.54) is 11.3 Å². The first-order valence-corrected chi connectivity index (χ1v) is 9.15. The number of carbonyl (C=O) groups excluding carboxylic acids is 2. The molecular weight excluding hydrogens is 322 g/mol. The number of benzene rings is 1. The third-order valence-corrected chi connectivity index (χ3v) is 5.97. The predicted molar refractivity (Wildman–Crippen MR) is 95.3 cm³/mol. The molecule has 0 unspecified atom stereocenters. The fourth-order valence-electron chi connectivity index (χ4n) is 3.74. The molecule has 1 aromatic heterocycles. The standard InChI is InChI=1S/C19H19NO3S/c1-2-23-19(22)17-10-13-9-14(5-6-16(13)24-17)20-18(21)15-8-11-3-4-12(15)7-11/h3-6,9-12,15H,2,7-8H2,1H3,(H,20,21)/t11-,12-,15+/m0/s1. The van der Waals surface area contributed by atoms with E-state index in [-0.39, 0.29) is 17.8 Å². The van der Waals surface area contributed by atoms with Gasteiger partial charge in [0.25, 0.3) is 0 Å². The number of nitrogens with one attached hydrogen (secondary N) is 1. The topological polar surface area (TPSA) is 55.4 Å². The van der Waals surface area contributed by atoms with Crippen molar-refractivity contribution in [1.29, 1.82) is 0 Å². The van der Waals surface area contributed by atoms with E-state index in [0.717, 1.165) is 28.6 Å². The second-order valence-electron chi connectivity index (χ2n) is 6.46. The Balaban J connectivity index is 1.51. The van der Waals surface area contributed by atoms with Crippen LogP contribution in [-0.4, -0.2) is 18.5 Å². The van der Waals surface area contributed by atoms with Crippen LogP contribution in [0.25, 0.3) is 10.1 Å². The highest BCUT2D eigenvalue weighted by Gasteiger charge is 2.39. The number of hydrogen-bond acceptors (Lipinski definition) is 4. The lowest BCUT2D eigenvalue weighted by Crippen LogP contribution is -2.25. The molecule has 4 rings (SSSR count). The quantitative estimate of drug-likeness (QED) is 0.669. The van der Waals surface area contributed by atoms with Gasteiger partial charge in [0.15, 0.2) is 0 Å². The highest BCUT2D eigenvalue weighted by atomic mass is 32.1. The van der Waals surface area contributed by atoms with Crippen molar-refractivity contribution in [1.82, 2.24) is 0 Å². The Morgan fingerprint density at radius 2 is 2.12 bits per heavy atom. The van der Waals surface area contributed by atoms with Crippen LogP contribution in [0.15, 0.2) is 36.4 Å². The highest BCUT2D eigenvalue weighted by molar-refractivity contribution is 7.20. The fourth-order valence-corrected chi connectivity index (χ4v) is 4.68. The molecule has 5 heteroatoms.